The van der Waals surface area contributed by atoms with Gasteiger partial charge in [-0.05, 0) is 29.8 Å². The van der Waals surface area contributed by atoms with Crippen molar-refractivity contribution in [2.75, 3.05) is 26.2 Å². The third-order valence-electron chi connectivity index (χ3n) is 5.40. The molecule has 0 amide bonds. The highest BCUT2D eigenvalue weighted by Crippen LogP contribution is 2.34. The molecule has 1 aromatic heterocycles. The van der Waals surface area contributed by atoms with Crippen molar-refractivity contribution in [3.05, 3.63) is 89.7 Å². The van der Waals surface area contributed by atoms with E-state index in [2.05, 4.69) is 34.1 Å². The number of hydrogen-bond donors (Lipinski definition) is 0. The van der Waals surface area contributed by atoms with Gasteiger partial charge in [0.15, 0.2) is 0 Å². The van der Waals surface area contributed by atoms with Gasteiger partial charge in [0.1, 0.15) is 0 Å². The zero-order valence-electron chi connectivity index (χ0n) is 16.1. The molecule has 4 rings (SSSR count). The van der Waals surface area contributed by atoms with E-state index in [0.29, 0.717) is 6.54 Å². The molecule has 0 radical (unpaired) electrons. The lowest BCUT2D eigenvalue weighted by Gasteiger charge is -2.35. The number of nitrogens with zero attached hydrogens (tertiary/aromatic N) is 3. The Morgan fingerprint density at radius 1 is 0.690 bits per heavy atom. The highest BCUT2D eigenvalue weighted by Gasteiger charge is 2.34. The van der Waals surface area contributed by atoms with Gasteiger partial charge >= 0.3 is 6.18 Å². The molecule has 152 valence electrons. The van der Waals surface area contributed by atoms with E-state index in [4.69, 9.17) is 0 Å². The van der Waals surface area contributed by atoms with E-state index in [1.54, 1.807) is 16.8 Å². The Hall–Kier alpha value is -2.57. The van der Waals surface area contributed by atoms with Gasteiger partial charge in [-0.1, -0.05) is 42.5 Å². The maximum absolute atomic E-state index is 13.4. The highest BCUT2D eigenvalue weighted by molar-refractivity contribution is 5.44. The number of aromatic nitrogens is 1. The lowest BCUT2D eigenvalue weighted by molar-refractivity contribution is -0.137. The lowest BCUT2D eigenvalue weighted by atomic mass is 10.1. The van der Waals surface area contributed by atoms with Gasteiger partial charge in [-0.15, -0.1) is 0 Å². The molecule has 3 nitrogen and oxygen atoms in total. The Kier molecular flexibility index (Phi) is 5.74. The number of para-hydroxylation sites is 1. The predicted molar refractivity (Wildman–Crippen MR) is 108 cm³/mol. The fourth-order valence-electron chi connectivity index (χ4n) is 3.88. The van der Waals surface area contributed by atoms with Crippen LogP contribution in [0.4, 0.5) is 13.2 Å². The summed E-state index contributed by atoms with van der Waals surface area (Å²) in [5.41, 5.74) is 1.75. The predicted octanol–water partition coefficient (Wildman–Crippen LogP) is 4.81. The van der Waals surface area contributed by atoms with Crippen LogP contribution in [0.5, 0.6) is 0 Å². The number of piperazine rings is 1. The molecule has 0 unspecified atom stereocenters. The fraction of sp³-hybridized carbons (Fsp3) is 0.304. The molecule has 1 saturated heterocycles. The van der Waals surface area contributed by atoms with Crippen molar-refractivity contribution in [3.63, 3.8) is 0 Å². The summed E-state index contributed by atoms with van der Waals surface area (Å²) in [6.45, 7) is 5.28. The van der Waals surface area contributed by atoms with E-state index < -0.39 is 11.7 Å². The molecular formula is C23H24F3N3. The van der Waals surface area contributed by atoms with E-state index in [1.165, 1.54) is 17.7 Å². The number of rotatable bonds is 5. The van der Waals surface area contributed by atoms with Crippen LogP contribution in [0.25, 0.3) is 5.69 Å². The molecule has 0 saturated carbocycles. The van der Waals surface area contributed by atoms with Gasteiger partial charge < -0.3 is 4.57 Å². The zero-order valence-corrected chi connectivity index (χ0v) is 16.1. The van der Waals surface area contributed by atoms with Crippen LogP contribution >= 0.6 is 0 Å². The van der Waals surface area contributed by atoms with Crippen molar-refractivity contribution >= 4 is 0 Å². The minimum Gasteiger partial charge on any atom is -0.319 e. The molecule has 1 aliphatic rings. The Morgan fingerprint density at radius 3 is 2.00 bits per heavy atom. The monoisotopic (exact) mass is 399 g/mol. The molecule has 0 N–H and O–H groups in total. The number of hydrogen-bond acceptors (Lipinski definition) is 2. The van der Waals surface area contributed by atoms with Crippen LogP contribution < -0.4 is 0 Å². The molecule has 29 heavy (non-hydrogen) atoms. The van der Waals surface area contributed by atoms with Gasteiger partial charge in [0.25, 0.3) is 0 Å². The standard InChI is InChI=1S/C23H24F3N3/c24-23(25,26)21-10-4-5-11-22(21)29-12-6-9-20(29)18-28-15-13-27(14-16-28)17-19-7-2-1-3-8-19/h1-12H,13-18H2. The summed E-state index contributed by atoms with van der Waals surface area (Å²) in [7, 11) is 0. The second-order valence-corrected chi connectivity index (χ2v) is 7.42. The van der Waals surface area contributed by atoms with E-state index in [0.717, 1.165) is 44.5 Å². The van der Waals surface area contributed by atoms with E-state index in [9.17, 15) is 13.2 Å². The summed E-state index contributed by atoms with van der Waals surface area (Å²) < 4.78 is 41.9. The number of benzene rings is 2. The Labute approximate surface area is 169 Å². The molecule has 0 atom stereocenters. The van der Waals surface area contributed by atoms with Gasteiger partial charge in [0.05, 0.1) is 11.3 Å². The molecule has 0 spiro atoms. The second-order valence-electron chi connectivity index (χ2n) is 7.42. The third kappa shape index (κ3) is 4.71. The van der Waals surface area contributed by atoms with Crippen LogP contribution in [0, 0.1) is 0 Å². The summed E-state index contributed by atoms with van der Waals surface area (Å²) in [5.74, 6) is 0. The lowest BCUT2D eigenvalue weighted by Crippen LogP contribution is -2.45. The normalized spacial score (nSPS) is 16.2. The molecule has 0 aliphatic carbocycles. The molecule has 1 aliphatic heterocycles. The van der Waals surface area contributed by atoms with E-state index in [-0.39, 0.29) is 5.69 Å². The molecule has 2 aromatic carbocycles. The summed E-state index contributed by atoms with van der Waals surface area (Å²) in [6, 6.07) is 19.9. The minimum absolute atomic E-state index is 0.183. The topological polar surface area (TPSA) is 11.4 Å². The van der Waals surface area contributed by atoms with E-state index in [1.807, 2.05) is 18.2 Å². The zero-order chi connectivity index (χ0) is 20.3. The first-order valence-corrected chi connectivity index (χ1v) is 9.82. The van der Waals surface area contributed by atoms with Crippen molar-refractivity contribution in [2.24, 2.45) is 0 Å². The van der Waals surface area contributed by atoms with Gasteiger partial charge in [0.2, 0.25) is 0 Å². The van der Waals surface area contributed by atoms with Crippen LogP contribution in [0.2, 0.25) is 0 Å². The van der Waals surface area contributed by atoms with Crippen molar-refractivity contribution in [2.45, 2.75) is 19.3 Å². The maximum Gasteiger partial charge on any atom is 0.418 e. The molecule has 6 heteroatoms. The maximum atomic E-state index is 13.4. The minimum atomic E-state index is -4.37. The van der Waals surface area contributed by atoms with E-state index >= 15 is 0 Å². The van der Waals surface area contributed by atoms with Crippen LogP contribution in [0.15, 0.2) is 72.9 Å². The van der Waals surface area contributed by atoms with Crippen molar-refractivity contribution in [1.29, 1.82) is 0 Å². The van der Waals surface area contributed by atoms with Crippen LogP contribution in [-0.4, -0.2) is 40.5 Å². The quantitative estimate of drug-likeness (QED) is 0.610. The van der Waals surface area contributed by atoms with Crippen molar-refractivity contribution < 1.29 is 13.2 Å². The molecule has 0 bridgehead atoms. The first-order chi connectivity index (χ1) is 14.0. The highest BCUT2D eigenvalue weighted by atomic mass is 19.4. The van der Waals surface area contributed by atoms with Crippen LogP contribution in [0.3, 0.4) is 0 Å². The summed E-state index contributed by atoms with van der Waals surface area (Å²) in [4.78, 5) is 4.73. The number of alkyl halides is 3. The fourth-order valence-corrected chi connectivity index (χ4v) is 3.88. The third-order valence-corrected chi connectivity index (χ3v) is 5.40. The summed E-state index contributed by atoms with van der Waals surface area (Å²) in [6.07, 6.45) is -2.66. The summed E-state index contributed by atoms with van der Waals surface area (Å²) in [5, 5.41) is 0. The smallest absolute Gasteiger partial charge is 0.319 e. The average Bonchev–Trinajstić information content (AvgIpc) is 3.18. The SMILES string of the molecule is FC(F)(F)c1ccccc1-n1cccc1CN1CCN(Cc2ccccc2)CC1. The molecule has 1 fully saturated rings. The largest absolute Gasteiger partial charge is 0.418 e. The van der Waals surface area contributed by atoms with Gasteiger partial charge in [-0.3, -0.25) is 9.80 Å². The Bertz CT molecular complexity index is 926. The van der Waals surface area contributed by atoms with Crippen LogP contribution in [-0.2, 0) is 19.3 Å². The molecule has 2 heterocycles. The average molecular weight is 399 g/mol. The van der Waals surface area contributed by atoms with Gasteiger partial charge in [0, 0.05) is 51.2 Å². The Morgan fingerprint density at radius 2 is 1.31 bits per heavy atom. The molecule has 3 aromatic rings. The van der Waals surface area contributed by atoms with Crippen molar-refractivity contribution in [3.8, 4) is 5.69 Å². The first kappa shape index (κ1) is 19.7. The first-order valence-electron chi connectivity index (χ1n) is 9.82. The number of halogens is 3. The second kappa shape index (κ2) is 8.43. The van der Waals surface area contributed by atoms with Crippen LogP contribution in [0.1, 0.15) is 16.8 Å². The summed E-state index contributed by atoms with van der Waals surface area (Å²) >= 11 is 0. The Balaban J connectivity index is 1.42. The van der Waals surface area contributed by atoms with Crippen molar-refractivity contribution in [1.82, 2.24) is 14.4 Å². The van der Waals surface area contributed by atoms with Gasteiger partial charge in [-0.25, -0.2) is 0 Å². The molecular weight excluding hydrogens is 375 g/mol. The van der Waals surface area contributed by atoms with Gasteiger partial charge in [-0.2, -0.15) is 13.2 Å².